The van der Waals surface area contributed by atoms with E-state index in [-0.39, 0.29) is 31.0 Å². The highest BCUT2D eigenvalue weighted by atomic mass is 19.1. The van der Waals surface area contributed by atoms with E-state index in [1.807, 2.05) is 0 Å². The minimum absolute atomic E-state index is 0.118. The molecule has 2 rings (SSSR count). The highest BCUT2D eigenvalue weighted by molar-refractivity contribution is 5.74. The fraction of sp³-hybridized carbons (Fsp3) is 0.533. The molecule has 5 nitrogen and oxygen atoms in total. The minimum Gasteiger partial charge on any atom is -0.492 e. The second-order valence-corrected chi connectivity index (χ2v) is 5.17. The number of rotatable bonds is 5. The second kappa shape index (κ2) is 7.83. The molecular formula is C15H21FN2O3. The quantitative estimate of drug-likeness (QED) is 0.812. The third kappa shape index (κ3) is 4.90. The Morgan fingerprint density at radius 2 is 2.38 bits per heavy atom. The van der Waals surface area contributed by atoms with Crippen LogP contribution in [0.2, 0.25) is 0 Å². The monoisotopic (exact) mass is 296 g/mol. The van der Waals surface area contributed by atoms with E-state index >= 15 is 0 Å². The van der Waals surface area contributed by atoms with Crippen LogP contribution in [0.3, 0.4) is 0 Å². The van der Waals surface area contributed by atoms with Crippen molar-refractivity contribution in [2.45, 2.75) is 12.8 Å². The molecule has 116 valence electrons. The van der Waals surface area contributed by atoms with Gasteiger partial charge in [-0.2, -0.15) is 0 Å². The summed E-state index contributed by atoms with van der Waals surface area (Å²) in [5, 5.41) is 11.9. The molecule has 1 aliphatic heterocycles. The van der Waals surface area contributed by atoms with Crippen molar-refractivity contribution in [3.63, 3.8) is 0 Å². The van der Waals surface area contributed by atoms with Crippen LogP contribution in [0, 0.1) is 11.7 Å². The number of nitrogens with zero attached hydrogens (tertiary/aromatic N) is 1. The number of urea groups is 1. The van der Waals surface area contributed by atoms with Crippen molar-refractivity contribution in [1.29, 1.82) is 0 Å². The van der Waals surface area contributed by atoms with Gasteiger partial charge in [0, 0.05) is 25.8 Å². The maximum Gasteiger partial charge on any atom is 0.317 e. The fourth-order valence-corrected chi connectivity index (χ4v) is 2.39. The second-order valence-electron chi connectivity index (χ2n) is 5.17. The van der Waals surface area contributed by atoms with Crippen LogP contribution in [-0.4, -0.2) is 48.9 Å². The largest absolute Gasteiger partial charge is 0.492 e. The summed E-state index contributed by atoms with van der Waals surface area (Å²) in [7, 11) is 0. The molecule has 0 aromatic heterocycles. The molecule has 0 saturated carbocycles. The Morgan fingerprint density at radius 3 is 3.14 bits per heavy atom. The van der Waals surface area contributed by atoms with Crippen LogP contribution in [-0.2, 0) is 0 Å². The Hall–Kier alpha value is -1.82. The van der Waals surface area contributed by atoms with Gasteiger partial charge >= 0.3 is 6.03 Å². The van der Waals surface area contributed by atoms with Crippen LogP contribution in [0.4, 0.5) is 9.18 Å². The zero-order valence-electron chi connectivity index (χ0n) is 11.9. The molecule has 1 saturated heterocycles. The van der Waals surface area contributed by atoms with Gasteiger partial charge in [0.1, 0.15) is 18.2 Å². The SMILES string of the molecule is O=C(NCCOc1cccc(F)c1)N1CCCC(CO)C1. The molecule has 1 aliphatic rings. The van der Waals surface area contributed by atoms with E-state index in [0.717, 1.165) is 12.8 Å². The predicted molar refractivity (Wildman–Crippen MR) is 76.7 cm³/mol. The van der Waals surface area contributed by atoms with E-state index in [2.05, 4.69) is 5.32 Å². The van der Waals surface area contributed by atoms with Crippen molar-refractivity contribution in [2.75, 3.05) is 32.8 Å². The molecule has 1 unspecified atom stereocenters. The molecule has 0 radical (unpaired) electrons. The van der Waals surface area contributed by atoms with Crippen molar-refractivity contribution < 1.29 is 19.0 Å². The molecule has 1 heterocycles. The van der Waals surface area contributed by atoms with Crippen molar-refractivity contribution in [3.8, 4) is 5.75 Å². The number of halogens is 1. The summed E-state index contributed by atoms with van der Waals surface area (Å²) in [6, 6.07) is 5.75. The van der Waals surface area contributed by atoms with Crippen LogP contribution in [0.25, 0.3) is 0 Å². The van der Waals surface area contributed by atoms with Gasteiger partial charge in [-0.25, -0.2) is 9.18 Å². The van der Waals surface area contributed by atoms with Crippen LogP contribution in [0.5, 0.6) is 5.75 Å². The van der Waals surface area contributed by atoms with Crippen LogP contribution in [0.1, 0.15) is 12.8 Å². The van der Waals surface area contributed by atoms with E-state index in [0.29, 0.717) is 25.4 Å². The lowest BCUT2D eigenvalue weighted by molar-refractivity contribution is 0.129. The first kappa shape index (κ1) is 15.6. The first-order valence-electron chi connectivity index (χ1n) is 7.21. The average molecular weight is 296 g/mol. The molecule has 0 aliphatic carbocycles. The first-order valence-corrected chi connectivity index (χ1v) is 7.21. The van der Waals surface area contributed by atoms with Gasteiger partial charge in [0.25, 0.3) is 0 Å². The van der Waals surface area contributed by atoms with E-state index < -0.39 is 0 Å². The van der Waals surface area contributed by atoms with E-state index in [1.165, 1.54) is 12.1 Å². The number of amides is 2. The van der Waals surface area contributed by atoms with Crippen LogP contribution < -0.4 is 10.1 Å². The number of benzene rings is 1. The Labute approximate surface area is 123 Å². The number of ether oxygens (including phenoxy) is 1. The van der Waals surface area contributed by atoms with Crippen molar-refractivity contribution in [1.82, 2.24) is 10.2 Å². The number of likely N-dealkylation sites (tertiary alicyclic amines) is 1. The molecule has 1 aromatic rings. The number of hydrogen-bond donors (Lipinski definition) is 2. The molecule has 21 heavy (non-hydrogen) atoms. The summed E-state index contributed by atoms with van der Waals surface area (Å²) < 4.78 is 18.3. The molecule has 2 N–H and O–H groups in total. The Morgan fingerprint density at radius 1 is 1.52 bits per heavy atom. The molecule has 0 spiro atoms. The van der Waals surface area contributed by atoms with Crippen LogP contribution in [0.15, 0.2) is 24.3 Å². The van der Waals surface area contributed by atoms with E-state index in [9.17, 15) is 9.18 Å². The maximum atomic E-state index is 12.9. The Balaban J connectivity index is 1.67. The standard InChI is InChI=1S/C15H21FN2O3/c16-13-4-1-5-14(9-13)21-8-6-17-15(20)18-7-2-3-12(10-18)11-19/h1,4-5,9,12,19H,2-3,6-8,10-11H2,(H,17,20). The number of aliphatic hydroxyl groups excluding tert-OH is 1. The summed E-state index contributed by atoms with van der Waals surface area (Å²) in [5.74, 6) is 0.274. The number of carbonyl (C=O) groups excluding carboxylic acids is 1. The van der Waals surface area contributed by atoms with Crippen molar-refractivity contribution in [2.24, 2.45) is 5.92 Å². The maximum absolute atomic E-state index is 12.9. The van der Waals surface area contributed by atoms with Gasteiger partial charge in [-0.1, -0.05) is 6.07 Å². The van der Waals surface area contributed by atoms with E-state index in [4.69, 9.17) is 9.84 Å². The van der Waals surface area contributed by atoms with Gasteiger partial charge in [0.15, 0.2) is 0 Å². The lowest BCUT2D eigenvalue weighted by Crippen LogP contribution is -2.47. The van der Waals surface area contributed by atoms with Gasteiger partial charge in [0.2, 0.25) is 0 Å². The number of carbonyl (C=O) groups is 1. The molecule has 0 bridgehead atoms. The van der Waals surface area contributed by atoms with Crippen LogP contribution >= 0.6 is 0 Å². The fourth-order valence-electron chi connectivity index (χ4n) is 2.39. The third-order valence-electron chi connectivity index (χ3n) is 3.51. The first-order chi connectivity index (χ1) is 10.2. The Bertz CT molecular complexity index is 470. The zero-order valence-corrected chi connectivity index (χ0v) is 11.9. The summed E-state index contributed by atoms with van der Waals surface area (Å²) >= 11 is 0. The third-order valence-corrected chi connectivity index (χ3v) is 3.51. The molecule has 2 amide bonds. The molecule has 1 fully saturated rings. The van der Waals surface area contributed by atoms with Gasteiger partial charge in [-0.3, -0.25) is 0 Å². The minimum atomic E-state index is -0.347. The van der Waals surface area contributed by atoms with Gasteiger partial charge in [0.05, 0.1) is 6.54 Å². The lowest BCUT2D eigenvalue weighted by atomic mass is 9.99. The number of aliphatic hydroxyl groups is 1. The number of piperidine rings is 1. The van der Waals surface area contributed by atoms with Gasteiger partial charge < -0.3 is 20.1 Å². The summed E-state index contributed by atoms with van der Waals surface area (Å²) in [4.78, 5) is 13.7. The van der Waals surface area contributed by atoms with Crippen molar-refractivity contribution in [3.05, 3.63) is 30.1 Å². The van der Waals surface area contributed by atoms with E-state index in [1.54, 1.807) is 17.0 Å². The highest BCUT2D eigenvalue weighted by Crippen LogP contribution is 2.15. The molecule has 1 atom stereocenters. The topological polar surface area (TPSA) is 61.8 Å². The molecule has 1 aromatic carbocycles. The van der Waals surface area contributed by atoms with Gasteiger partial charge in [-0.15, -0.1) is 0 Å². The lowest BCUT2D eigenvalue weighted by Gasteiger charge is -2.31. The normalized spacial score (nSPS) is 18.4. The number of nitrogens with one attached hydrogen (secondary N) is 1. The molecule has 6 heteroatoms. The average Bonchev–Trinajstić information content (AvgIpc) is 2.51. The summed E-state index contributed by atoms with van der Waals surface area (Å²) in [6.07, 6.45) is 1.88. The smallest absolute Gasteiger partial charge is 0.317 e. The molecular weight excluding hydrogens is 275 g/mol. The highest BCUT2D eigenvalue weighted by Gasteiger charge is 2.22. The predicted octanol–water partition coefficient (Wildman–Crippen LogP) is 1.62. The summed E-state index contributed by atoms with van der Waals surface area (Å²) in [5.41, 5.74) is 0. The zero-order chi connectivity index (χ0) is 15.1. The Kier molecular flexibility index (Phi) is 5.80. The van der Waals surface area contributed by atoms with Gasteiger partial charge in [-0.05, 0) is 30.9 Å². The van der Waals surface area contributed by atoms with Crippen molar-refractivity contribution >= 4 is 6.03 Å². The summed E-state index contributed by atoms with van der Waals surface area (Å²) in [6.45, 7) is 2.06. The number of hydrogen-bond acceptors (Lipinski definition) is 3.